The summed E-state index contributed by atoms with van der Waals surface area (Å²) in [6.07, 6.45) is 4.52. The maximum Gasteiger partial charge on any atom is 0.387 e. The van der Waals surface area contributed by atoms with E-state index >= 15 is 0 Å². The Kier molecular flexibility index (Phi) is 8.22. The molecule has 0 saturated heterocycles. The van der Waals surface area contributed by atoms with E-state index in [1.54, 1.807) is 77.3 Å². The van der Waals surface area contributed by atoms with Gasteiger partial charge in [-0.25, -0.2) is 14.8 Å². The van der Waals surface area contributed by atoms with Gasteiger partial charge < -0.3 is 19.1 Å². The highest BCUT2D eigenvalue weighted by atomic mass is 19.3. The topological polar surface area (TPSA) is 73.8 Å². The fourth-order valence-electron chi connectivity index (χ4n) is 3.27. The zero-order valence-corrected chi connectivity index (χ0v) is 20.4. The van der Waals surface area contributed by atoms with Gasteiger partial charge in [0.15, 0.2) is 11.5 Å². The van der Waals surface area contributed by atoms with E-state index in [2.05, 4.69) is 14.7 Å². The first-order valence-corrected chi connectivity index (χ1v) is 11.1. The van der Waals surface area contributed by atoms with Crippen LogP contribution in [0.15, 0.2) is 61.2 Å². The van der Waals surface area contributed by atoms with Crippen molar-refractivity contribution >= 4 is 17.3 Å². The van der Waals surface area contributed by atoms with Crippen molar-refractivity contribution in [2.45, 2.75) is 59.5 Å². The summed E-state index contributed by atoms with van der Waals surface area (Å²) in [6.45, 7) is 6.35. The van der Waals surface area contributed by atoms with Gasteiger partial charge in [-0.1, -0.05) is 6.07 Å². The first-order valence-electron chi connectivity index (χ1n) is 11.1. The molecule has 7 nitrogen and oxygen atoms in total. The average molecular weight is 486 g/mol. The Bertz CT molecular complexity index is 1130. The van der Waals surface area contributed by atoms with Crippen LogP contribution in [-0.4, -0.2) is 34.3 Å². The van der Waals surface area contributed by atoms with Crippen LogP contribution in [0.25, 0.3) is 0 Å². The molecule has 0 bridgehead atoms. The molecule has 0 unspecified atom stereocenters. The van der Waals surface area contributed by atoms with Gasteiger partial charge in [-0.3, -0.25) is 0 Å². The van der Waals surface area contributed by atoms with Crippen molar-refractivity contribution in [2.75, 3.05) is 4.90 Å². The van der Waals surface area contributed by atoms with Crippen molar-refractivity contribution in [2.24, 2.45) is 0 Å². The molecule has 3 aromatic rings. The molecule has 35 heavy (non-hydrogen) atoms. The predicted octanol–water partition coefficient (Wildman–Crippen LogP) is 6.16. The number of nitrogens with zero attached hydrogens (tertiary/aromatic N) is 3. The van der Waals surface area contributed by atoms with Gasteiger partial charge in [0.25, 0.3) is 0 Å². The van der Waals surface area contributed by atoms with E-state index in [9.17, 15) is 13.6 Å². The molecular weight excluding hydrogens is 456 g/mol. The van der Waals surface area contributed by atoms with Gasteiger partial charge in [0, 0.05) is 35.4 Å². The van der Waals surface area contributed by atoms with Crippen molar-refractivity contribution in [3.05, 3.63) is 72.3 Å². The Morgan fingerprint density at radius 1 is 0.971 bits per heavy atom. The lowest BCUT2D eigenvalue weighted by atomic mass is 10.1. The number of halogens is 2. The standard InChI is InChI=1S/C26H29F2N3O4/c1-17(2)33-23-12-21(9-10-22(23)34-25(27)28)31(15-18-13-29-16-30-14-18)20-8-6-7-19(11-20)24(32)35-26(3,4)5/h6-14,16-17,25H,15H2,1-5H3. The number of rotatable bonds is 9. The Morgan fingerprint density at radius 3 is 2.29 bits per heavy atom. The van der Waals surface area contributed by atoms with Crippen molar-refractivity contribution in [3.63, 3.8) is 0 Å². The van der Waals surface area contributed by atoms with E-state index in [1.165, 1.54) is 12.4 Å². The number of benzene rings is 2. The highest BCUT2D eigenvalue weighted by Gasteiger charge is 2.21. The highest BCUT2D eigenvalue weighted by molar-refractivity contribution is 5.91. The lowest BCUT2D eigenvalue weighted by molar-refractivity contribution is -0.0518. The molecule has 0 saturated carbocycles. The molecule has 0 aliphatic carbocycles. The zero-order valence-electron chi connectivity index (χ0n) is 20.4. The van der Waals surface area contributed by atoms with E-state index < -0.39 is 18.2 Å². The minimum Gasteiger partial charge on any atom is -0.487 e. The highest BCUT2D eigenvalue weighted by Crippen LogP contribution is 2.37. The summed E-state index contributed by atoms with van der Waals surface area (Å²) in [6, 6.07) is 11.7. The van der Waals surface area contributed by atoms with Crippen LogP contribution < -0.4 is 14.4 Å². The van der Waals surface area contributed by atoms with Crippen molar-refractivity contribution in [1.82, 2.24) is 9.97 Å². The average Bonchev–Trinajstić information content (AvgIpc) is 2.78. The van der Waals surface area contributed by atoms with Gasteiger partial charge >= 0.3 is 12.6 Å². The first-order chi connectivity index (χ1) is 16.5. The SMILES string of the molecule is CC(C)Oc1cc(N(Cc2cncnc2)c2cccc(C(=O)OC(C)(C)C)c2)ccc1OC(F)F. The fourth-order valence-corrected chi connectivity index (χ4v) is 3.27. The van der Waals surface area contributed by atoms with E-state index in [0.717, 1.165) is 5.56 Å². The number of hydrogen-bond donors (Lipinski definition) is 0. The van der Waals surface area contributed by atoms with Crippen LogP contribution in [0.1, 0.15) is 50.5 Å². The van der Waals surface area contributed by atoms with Crippen LogP contribution in [0.2, 0.25) is 0 Å². The molecule has 1 aromatic heterocycles. The molecule has 186 valence electrons. The molecule has 0 radical (unpaired) electrons. The minimum atomic E-state index is -2.99. The van der Waals surface area contributed by atoms with E-state index in [4.69, 9.17) is 9.47 Å². The number of alkyl halides is 2. The van der Waals surface area contributed by atoms with Gasteiger partial charge in [0.2, 0.25) is 0 Å². The van der Waals surface area contributed by atoms with Gasteiger partial charge in [0.05, 0.1) is 18.2 Å². The molecular formula is C26H29F2N3O4. The summed E-state index contributed by atoms with van der Waals surface area (Å²) < 4.78 is 41.8. The van der Waals surface area contributed by atoms with Crippen LogP contribution in [0, 0.1) is 0 Å². The maximum atomic E-state index is 12.9. The quantitative estimate of drug-likeness (QED) is 0.336. The zero-order chi connectivity index (χ0) is 25.6. The molecule has 0 aliphatic heterocycles. The van der Waals surface area contributed by atoms with Crippen molar-refractivity contribution < 1.29 is 27.8 Å². The van der Waals surface area contributed by atoms with Crippen LogP contribution in [0.4, 0.5) is 20.2 Å². The van der Waals surface area contributed by atoms with Crippen LogP contribution in [0.5, 0.6) is 11.5 Å². The van der Waals surface area contributed by atoms with Gasteiger partial charge in [-0.2, -0.15) is 8.78 Å². The molecule has 9 heteroatoms. The molecule has 0 aliphatic rings. The van der Waals surface area contributed by atoms with Gasteiger partial charge in [-0.15, -0.1) is 0 Å². The monoisotopic (exact) mass is 485 g/mol. The summed E-state index contributed by atoms with van der Waals surface area (Å²) in [7, 11) is 0. The number of anilines is 2. The van der Waals surface area contributed by atoms with E-state index in [1.807, 2.05) is 11.0 Å². The Labute approximate surface area is 203 Å². The normalized spacial score (nSPS) is 11.5. The molecule has 0 N–H and O–H groups in total. The minimum absolute atomic E-state index is 0.0667. The molecule has 0 fully saturated rings. The first kappa shape index (κ1) is 25.9. The lowest BCUT2D eigenvalue weighted by Crippen LogP contribution is -2.24. The fraction of sp³-hybridized carbons (Fsp3) is 0.346. The second-order valence-electron chi connectivity index (χ2n) is 9.06. The van der Waals surface area contributed by atoms with Gasteiger partial charge in [-0.05, 0) is 65.0 Å². The largest absolute Gasteiger partial charge is 0.487 e. The summed E-state index contributed by atoms with van der Waals surface area (Å²) in [5.41, 5.74) is 1.85. The third-order valence-corrected chi connectivity index (χ3v) is 4.56. The lowest BCUT2D eigenvalue weighted by Gasteiger charge is -2.27. The third-order valence-electron chi connectivity index (χ3n) is 4.56. The number of ether oxygens (including phenoxy) is 3. The van der Waals surface area contributed by atoms with E-state index in [-0.39, 0.29) is 17.6 Å². The molecule has 2 aromatic carbocycles. The van der Waals surface area contributed by atoms with E-state index in [0.29, 0.717) is 23.5 Å². The van der Waals surface area contributed by atoms with Crippen LogP contribution in [0.3, 0.4) is 0 Å². The Balaban J connectivity index is 2.06. The molecule has 3 rings (SSSR count). The Morgan fingerprint density at radius 2 is 1.66 bits per heavy atom. The number of aromatic nitrogens is 2. The van der Waals surface area contributed by atoms with Gasteiger partial charge in [0.1, 0.15) is 11.9 Å². The summed E-state index contributed by atoms with van der Waals surface area (Å²) in [5, 5.41) is 0. The molecule has 0 atom stereocenters. The second kappa shape index (κ2) is 11.1. The smallest absolute Gasteiger partial charge is 0.387 e. The number of esters is 1. The number of hydrogen-bond acceptors (Lipinski definition) is 7. The number of carbonyl (C=O) groups is 1. The maximum absolute atomic E-state index is 12.9. The van der Waals surface area contributed by atoms with Crippen molar-refractivity contribution in [3.8, 4) is 11.5 Å². The van der Waals surface area contributed by atoms with Crippen LogP contribution in [-0.2, 0) is 11.3 Å². The Hall–Kier alpha value is -3.75. The molecule has 0 spiro atoms. The summed E-state index contributed by atoms with van der Waals surface area (Å²) in [4.78, 5) is 22.7. The summed E-state index contributed by atoms with van der Waals surface area (Å²) >= 11 is 0. The predicted molar refractivity (Wildman–Crippen MR) is 128 cm³/mol. The summed E-state index contributed by atoms with van der Waals surface area (Å²) in [5.74, 6) is -0.342. The van der Waals surface area contributed by atoms with Crippen LogP contribution >= 0.6 is 0 Å². The number of carbonyl (C=O) groups excluding carboxylic acids is 1. The van der Waals surface area contributed by atoms with Crippen molar-refractivity contribution in [1.29, 1.82) is 0 Å². The second-order valence-corrected chi connectivity index (χ2v) is 9.06. The molecule has 0 amide bonds. The third kappa shape index (κ3) is 7.63. The molecule has 1 heterocycles.